The van der Waals surface area contributed by atoms with Crippen molar-refractivity contribution < 1.29 is 14.3 Å². The highest BCUT2D eigenvalue weighted by molar-refractivity contribution is 5.94. The minimum absolute atomic E-state index is 0.113. The molecule has 5 heteroatoms. The lowest BCUT2D eigenvalue weighted by atomic mass is 10.0. The first-order valence-electron chi connectivity index (χ1n) is 10.5. The van der Waals surface area contributed by atoms with Crippen LogP contribution in [0.5, 0.6) is 0 Å². The van der Waals surface area contributed by atoms with Gasteiger partial charge in [0.15, 0.2) is 0 Å². The molecule has 2 aromatic carbocycles. The highest BCUT2D eigenvalue weighted by Crippen LogP contribution is 2.31. The first kappa shape index (κ1) is 19.6. The van der Waals surface area contributed by atoms with E-state index in [-0.39, 0.29) is 24.3 Å². The first-order chi connectivity index (χ1) is 14.2. The topological polar surface area (TPSA) is 58.6 Å². The number of carbonyl (C=O) groups excluding carboxylic acids is 2. The molecule has 0 spiro atoms. The van der Waals surface area contributed by atoms with Gasteiger partial charge < -0.3 is 15.0 Å². The quantitative estimate of drug-likeness (QED) is 0.747. The van der Waals surface area contributed by atoms with Crippen LogP contribution in [0.2, 0.25) is 0 Å². The largest absolute Gasteiger partial charge is 0.381 e. The van der Waals surface area contributed by atoms with Gasteiger partial charge in [0.1, 0.15) is 0 Å². The molecule has 1 saturated carbocycles. The Hall–Kier alpha value is -2.66. The number of ether oxygens (including phenoxy) is 1. The monoisotopic (exact) mass is 392 g/mol. The summed E-state index contributed by atoms with van der Waals surface area (Å²) in [6.07, 6.45) is 3.44. The van der Waals surface area contributed by atoms with Crippen molar-refractivity contribution in [3.63, 3.8) is 0 Å². The molecule has 1 aliphatic carbocycles. The van der Waals surface area contributed by atoms with Crippen molar-refractivity contribution in [2.24, 2.45) is 5.92 Å². The minimum atomic E-state index is -0.350. The molecule has 2 fully saturated rings. The van der Waals surface area contributed by atoms with Gasteiger partial charge in [-0.25, -0.2) is 0 Å². The predicted octanol–water partition coefficient (Wildman–Crippen LogP) is 3.58. The summed E-state index contributed by atoms with van der Waals surface area (Å²) in [5.41, 5.74) is 1.55. The average Bonchev–Trinajstić information content (AvgIpc) is 3.47. The Morgan fingerprint density at radius 2 is 1.69 bits per heavy atom. The number of hydrogen-bond acceptors (Lipinski definition) is 3. The Morgan fingerprint density at radius 3 is 2.31 bits per heavy atom. The lowest BCUT2D eigenvalue weighted by molar-refractivity contribution is -0.133. The third kappa shape index (κ3) is 5.24. The maximum Gasteiger partial charge on any atom is 0.251 e. The van der Waals surface area contributed by atoms with Crippen molar-refractivity contribution in [1.82, 2.24) is 10.2 Å². The van der Waals surface area contributed by atoms with Gasteiger partial charge in [-0.2, -0.15) is 0 Å². The van der Waals surface area contributed by atoms with E-state index in [1.807, 2.05) is 53.4 Å². The number of rotatable bonds is 8. The van der Waals surface area contributed by atoms with Crippen LogP contribution in [0, 0.1) is 5.92 Å². The van der Waals surface area contributed by atoms with Crippen molar-refractivity contribution in [3.8, 4) is 0 Å². The van der Waals surface area contributed by atoms with Gasteiger partial charge in [-0.15, -0.1) is 0 Å². The summed E-state index contributed by atoms with van der Waals surface area (Å²) in [7, 11) is 0. The molecule has 2 unspecified atom stereocenters. The lowest BCUT2D eigenvalue weighted by Crippen LogP contribution is -2.40. The van der Waals surface area contributed by atoms with E-state index < -0.39 is 0 Å². The molecule has 2 amide bonds. The number of amides is 2. The fraction of sp³-hybridized carbons (Fsp3) is 0.417. The van der Waals surface area contributed by atoms with Gasteiger partial charge in [0.25, 0.3) is 5.91 Å². The zero-order valence-corrected chi connectivity index (χ0v) is 16.6. The van der Waals surface area contributed by atoms with E-state index in [4.69, 9.17) is 4.74 Å². The zero-order valence-electron chi connectivity index (χ0n) is 16.6. The van der Waals surface area contributed by atoms with E-state index in [0.29, 0.717) is 17.5 Å². The summed E-state index contributed by atoms with van der Waals surface area (Å²) in [5, 5.41) is 3.08. The molecule has 2 atom stereocenters. The SMILES string of the molecule is O=C(NC(CC(=O)N(CC1CCOC1)C1CC1)c1ccccc1)c1ccccc1. The Morgan fingerprint density at radius 1 is 1.00 bits per heavy atom. The van der Waals surface area contributed by atoms with Gasteiger partial charge in [0, 0.05) is 30.7 Å². The van der Waals surface area contributed by atoms with Crippen LogP contribution in [0.25, 0.3) is 0 Å². The summed E-state index contributed by atoms with van der Waals surface area (Å²) < 4.78 is 5.49. The van der Waals surface area contributed by atoms with E-state index in [0.717, 1.165) is 44.6 Å². The van der Waals surface area contributed by atoms with Gasteiger partial charge in [0.05, 0.1) is 19.1 Å². The average molecular weight is 392 g/mol. The Kier molecular flexibility index (Phi) is 6.25. The molecule has 0 radical (unpaired) electrons. The molecule has 4 rings (SSSR count). The van der Waals surface area contributed by atoms with Crippen LogP contribution in [0.15, 0.2) is 60.7 Å². The number of carbonyl (C=O) groups is 2. The molecule has 2 aliphatic rings. The van der Waals surface area contributed by atoms with E-state index in [1.54, 1.807) is 12.1 Å². The molecule has 1 heterocycles. The fourth-order valence-electron chi connectivity index (χ4n) is 3.91. The number of nitrogens with zero attached hydrogens (tertiary/aromatic N) is 1. The highest BCUT2D eigenvalue weighted by Gasteiger charge is 2.35. The molecule has 152 valence electrons. The second-order valence-corrected chi connectivity index (χ2v) is 8.01. The van der Waals surface area contributed by atoms with Crippen molar-refractivity contribution in [3.05, 3.63) is 71.8 Å². The standard InChI is InChI=1S/C24H28N2O3/c27-23(26(21-11-12-21)16-18-13-14-29-17-18)15-22(19-7-3-1-4-8-19)25-24(28)20-9-5-2-6-10-20/h1-10,18,21-22H,11-17H2,(H,25,28). The predicted molar refractivity (Wildman–Crippen MR) is 111 cm³/mol. The molecule has 1 aliphatic heterocycles. The molecule has 5 nitrogen and oxygen atoms in total. The van der Waals surface area contributed by atoms with Crippen LogP contribution in [0.4, 0.5) is 0 Å². The van der Waals surface area contributed by atoms with Crippen molar-refractivity contribution in [2.75, 3.05) is 19.8 Å². The van der Waals surface area contributed by atoms with Crippen molar-refractivity contribution >= 4 is 11.8 Å². The van der Waals surface area contributed by atoms with Crippen molar-refractivity contribution in [1.29, 1.82) is 0 Å². The molecule has 29 heavy (non-hydrogen) atoms. The minimum Gasteiger partial charge on any atom is -0.381 e. The second kappa shape index (κ2) is 9.23. The second-order valence-electron chi connectivity index (χ2n) is 8.01. The molecule has 0 aromatic heterocycles. The van der Waals surface area contributed by atoms with Gasteiger partial charge in [0.2, 0.25) is 5.91 Å². The van der Waals surface area contributed by atoms with E-state index in [9.17, 15) is 9.59 Å². The summed E-state index contributed by atoms with van der Waals surface area (Å²) in [5.74, 6) is 0.379. The van der Waals surface area contributed by atoms with E-state index in [2.05, 4.69) is 5.32 Å². The summed E-state index contributed by atoms with van der Waals surface area (Å²) in [6.45, 7) is 2.29. The smallest absolute Gasteiger partial charge is 0.251 e. The third-order valence-electron chi connectivity index (χ3n) is 5.71. The van der Waals surface area contributed by atoms with Gasteiger partial charge in [-0.05, 0) is 37.0 Å². The molecule has 1 N–H and O–H groups in total. The molecular weight excluding hydrogens is 364 g/mol. The van der Waals surface area contributed by atoms with Crippen LogP contribution < -0.4 is 5.32 Å². The number of benzene rings is 2. The van der Waals surface area contributed by atoms with Gasteiger partial charge >= 0.3 is 0 Å². The highest BCUT2D eigenvalue weighted by atomic mass is 16.5. The summed E-state index contributed by atoms with van der Waals surface area (Å²) >= 11 is 0. The fourth-order valence-corrected chi connectivity index (χ4v) is 3.91. The Labute approximate surface area is 172 Å². The van der Waals surface area contributed by atoms with Crippen LogP contribution in [-0.2, 0) is 9.53 Å². The number of nitrogens with one attached hydrogen (secondary N) is 1. The maximum absolute atomic E-state index is 13.2. The molecular formula is C24H28N2O3. The molecule has 1 saturated heterocycles. The van der Waals surface area contributed by atoms with E-state index in [1.165, 1.54) is 0 Å². The first-order valence-corrected chi connectivity index (χ1v) is 10.5. The van der Waals surface area contributed by atoms with E-state index >= 15 is 0 Å². The third-order valence-corrected chi connectivity index (χ3v) is 5.71. The molecule has 0 bridgehead atoms. The van der Waals surface area contributed by atoms with Gasteiger partial charge in [-0.3, -0.25) is 9.59 Å². The molecule has 2 aromatic rings. The van der Waals surface area contributed by atoms with Crippen molar-refractivity contribution in [2.45, 2.75) is 37.8 Å². The summed E-state index contributed by atoms with van der Waals surface area (Å²) in [6, 6.07) is 18.9. The van der Waals surface area contributed by atoms with Crippen LogP contribution in [-0.4, -0.2) is 42.5 Å². The van der Waals surface area contributed by atoms with Crippen LogP contribution in [0.1, 0.15) is 47.6 Å². The van der Waals surface area contributed by atoms with Gasteiger partial charge in [-0.1, -0.05) is 48.5 Å². The zero-order chi connectivity index (χ0) is 20.1. The Bertz CT molecular complexity index is 815. The van der Waals surface area contributed by atoms with Crippen LogP contribution in [0.3, 0.4) is 0 Å². The Balaban J connectivity index is 1.48. The summed E-state index contributed by atoms with van der Waals surface area (Å²) in [4.78, 5) is 28.0. The number of hydrogen-bond donors (Lipinski definition) is 1. The van der Waals surface area contributed by atoms with Crippen LogP contribution >= 0.6 is 0 Å². The lowest BCUT2D eigenvalue weighted by Gasteiger charge is -2.28. The normalized spacial score (nSPS) is 19.5. The maximum atomic E-state index is 13.2.